The number of rotatable bonds is 2. The fourth-order valence-corrected chi connectivity index (χ4v) is 4.55. The molecule has 4 N–H and O–H groups in total. The number of para-hydroxylation sites is 4. The maximum atomic E-state index is 9.85. The standard InChI is InChI=1S/2C15H10N4O.Co/c2*20-14-10-6-2-1-5-9(10)13(18-14)19-15-16-11-7-3-4-8-12(11)17-15;/h2*1-8,18,20H;. The van der Waals surface area contributed by atoms with Crippen LogP contribution in [0.25, 0.3) is 21.5 Å². The van der Waals surface area contributed by atoms with Crippen LogP contribution in [0.2, 0.25) is 0 Å². The zero-order valence-corrected chi connectivity index (χ0v) is 22.2. The molecule has 11 heteroatoms. The molecule has 0 amide bonds. The fraction of sp³-hybridized carbons (Fsp3) is 0. The quantitative estimate of drug-likeness (QED) is 0.247. The number of guanidine groups is 2. The Balaban J connectivity index is 0.000000144. The second kappa shape index (κ2) is 10.6. The van der Waals surface area contributed by atoms with Crippen LogP contribution < -0.4 is 21.4 Å². The van der Waals surface area contributed by atoms with Crippen molar-refractivity contribution in [3.8, 4) is 11.8 Å². The Hall–Kier alpha value is -5.39. The molecule has 2 aliphatic heterocycles. The van der Waals surface area contributed by atoms with Crippen LogP contribution in [0.5, 0.6) is 11.8 Å². The van der Waals surface area contributed by atoms with E-state index >= 15 is 0 Å². The van der Waals surface area contributed by atoms with Gasteiger partial charge in [0.05, 0.1) is 21.4 Å². The van der Waals surface area contributed by atoms with Crippen LogP contribution >= 0.6 is 0 Å². The van der Waals surface area contributed by atoms with Gasteiger partial charge in [-0.15, -0.1) is 0 Å². The first-order valence-corrected chi connectivity index (χ1v) is 12.4. The molecule has 0 fully saturated rings. The second-order valence-corrected chi connectivity index (χ2v) is 8.98. The van der Waals surface area contributed by atoms with E-state index in [1.54, 1.807) is 0 Å². The minimum Gasteiger partial charge on any atom is -0.494 e. The van der Waals surface area contributed by atoms with Crippen molar-refractivity contribution < 1.29 is 27.0 Å². The molecule has 41 heavy (non-hydrogen) atoms. The molecule has 0 bridgehead atoms. The van der Waals surface area contributed by atoms with Crippen LogP contribution in [0.15, 0.2) is 127 Å². The Morgan fingerprint density at radius 3 is 1.07 bits per heavy atom. The van der Waals surface area contributed by atoms with Gasteiger partial charge < -0.3 is 20.2 Å². The van der Waals surface area contributed by atoms with Crippen LogP contribution in [-0.2, 0) is 16.8 Å². The summed E-state index contributed by atoms with van der Waals surface area (Å²) in [4.78, 5) is 31.9. The van der Waals surface area contributed by atoms with Crippen LogP contribution in [-0.4, -0.2) is 32.1 Å². The summed E-state index contributed by atoms with van der Waals surface area (Å²) in [6, 6.07) is 30.2. The molecule has 0 spiro atoms. The Morgan fingerprint density at radius 1 is 0.439 bits per heavy atom. The zero-order valence-electron chi connectivity index (χ0n) is 21.1. The number of aromatic nitrogens is 2. The number of aromatic amines is 2. The van der Waals surface area contributed by atoms with E-state index in [1.165, 1.54) is 0 Å². The van der Waals surface area contributed by atoms with Gasteiger partial charge in [-0.3, -0.25) is 0 Å². The van der Waals surface area contributed by atoms with Crippen molar-refractivity contribution in [3.63, 3.8) is 0 Å². The Bertz CT molecular complexity index is 2030. The summed E-state index contributed by atoms with van der Waals surface area (Å²) >= 11 is 0. The number of aliphatic imine (C=N–C) groups is 2. The van der Waals surface area contributed by atoms with E-state index in [9.17, 15) is 10.2 Å². The van der Waals surface area contributed by atoms with Crippen molar-refractivity contribution in [3.05, 3.63) is 118 Å². The average Bonchev–Trinajstić information content (AvgIpc) is 3.73. The van der Waals surface area contributed by atoms with Gasteiger partial charge in [0, 0.05) is 38.3 Å². The normalized spacial score (nSPS) is 12.6. The van der Waals surface area contributed by atoms with Gasteiger partial charge in [-0.2, -0.15) is 9.98 Å². The monoisotopic (exact) mass is 583 g/mol. The number of nitrogens with one attached hydrogen (secondary N) is 2. The van der Waals surface area contributed by atoms with Crippen molar-refractivity contribution in [2.45, 2.75) is 0 Å². The third kappa shape index (κ3) is 4.91. The summed E-state index contributed by atoms with van der Waals surface area (Å²) in [6.07, 6.45) is 0. The molecular formula is C30H20CoN8O2. The van der Waals surface area contributed by atoms with Crippen molar-refractivity contribution in [2.24, 2.45) is 30.0 Å². The fourth-order valence-electron chi connectivity index (χ4n) is 4.55. The van der Waals surface area contributed by atoms with Gasteiger partial charge in [-0.1, -0.05) is 60.7 Å². The average molecular weight is 583 g/mol. The van der Waals surface area contributed by atoms with E-state index in [0.717, 1.165) is 43.0 Å². The minimum absolute atomic E-state index is 0. The summed E-state index contributed by atoms with van der Waals surface area (Å²) in [6.45, 7) is 0. The molecule has 0 saturated carbocycles. The van der Waals surface area contributed by atoms with Crippen molar-refractivity contribution in [1.82, 2.24) is 9.97 Å². The summed E-state index contributed by atoms with van der Waals surface area (Å²) in [5, 5.41) is 26.1. The Labute approximate surface area is 241 Å². The molecule has 0 aliphatic carbocycles. The van der Waals surface area contributed by atoms with Crippen LogP contribution in [0.4, 0.5) is 11.6 Å². The Kier molecular flexibility index (Phi) is 6.71. The number of nitrogens with zero attached hydrogens (tertiary/aromatic N) is 6. The van der Waals surface area contributed by atoms with E-state index in [0.29, 0.717) is 23.6 Å². The molecule has 0 saturated heterocycles. The molecule has 4 heterocycles. The van der Waals surface area contributed by atoms with Gasteiger partial charge >= 0.3 is 0 Å². The maximum absolute atomic E-state index is 9.85. The van der Waals surface area contributed by atoms with Crippen molar-refractivity contribution >= 4 is 45.1 Å². The first-order valence-electron chi connectivity index (χ1n) is 12.4. The summed E-state index contributed by atoms with van der Waals surface area (Å²) in [5.74, 6) is 2.11. The van der Waals surface area contributed by atoms with Crippen LogP contribution in [0.1, 0.15) is 0 Å². The first-order chi connectivity index (χ1) is 19.6. The molecule has 201 valence electrons. The van der Waals surface area contributed by atoms with Gasteiger partial charge in [0.2, 0.25) is 0 Å². The van der Waals surface area contributed by atoms with E-state index in [-0.39, 0.29) is 28.5 Å². The van der Waals surface area contributed by atoms with Crippen molar-refractivity contribution in [2.75, 3.05) is 0 Å². The van der Waals surface area contributed by atoms with Crippen LogP contribution in [0, 0.1) is 0 Å². The predicted molar refractivity (Wildman–Crippen MR) is 152 cm³/mol. The number of hydrogen-bond acceptors (Lipinski definition) is 4. The summed E-state index contributed by atoms with van der Waals surface area (Å²) in [5.41, 5.74) is 0. The van der Waals surface area contributed by atoms with Gasteiger partial charge in [-0.25, -0.2) is 20.0 Å². The molecule has 1 radical (unpaired) electrons. The summed E-state index contributed by atoms with van der Waals surface area (Å²) in [7, 11) is 0. The van der Waals surface area contributed by atoms with Gasteiger partial charge in [0.15, 0.2) is 11.8 Å². The molecule has 2 aliphatic rings. The van der Waals surface area contributed by atoms with E-state index in [1.807, 2.05) is 97.1 Å². The number of aromatic hydroxyl groups is 2. The number of benzene rings is 4. The van der Waals surface area contributed by atoms with Gasteiger partial charge in [-0.05, 0) is 36.4 Å². The molecule has 10 nitrogen and oxygen atoms in total. The molecule has 6 aromatic rings. The van der Waals surface area contributed by atoms with E-state index < -0.39 is 0 Å². The van der Waals surface area contributed by atoms with Crippen LogP contribution in [0.3, 0.4) is 0 Å². The molecule has 2 aromatic heterocycles. The Morgan fingerprint density at radius 2 is 0.732 bits per heavy atom. The second-order valence-electron chi connectivity index (χ2n) is 8.98. The number of fused-ring (bicyclic) bond motifs is 4. The topological polar surface area (TPSA) is 146 Å². The first kappa shape index (κ1) is 25.9. The van der Waals surface area contributed by atoms with Crippen molar-refractivity contribution in [1.29, 1.82) is 0 Å². The predicted octanol–water partition coefficient (Wildman–Crippen LogP) is 3.63. The number of H-pyrrole nitrogens is 2. The minimum atomic E-state index is 0. The SMILES string of the molecule is Oc1[nH]c(N=C2N=c3ccccc3=N2)c2ccccc12.Oc1[nH]c(N=C2N=c3ccccc3=N2)c2ccccc12.[Co]. The maximum Gasteiger partial charge on any atom is 0.252 e. The summed E-state index contributed by atoms with van der Waals surface area (Å²) < 4.78 is 0. The van der Waals surface area contributed by atoms with E-state index in [2.05, 4.69) is 39.9 Å². The van der Waals surface area contributed by atoms with Gasteiger partial charge in [0.1, 0.15) is 11.6 Å². The molecule has 4 aromatic carbocycles. The van der Waals surface area contributed by atoms with E-state index in [4.69, 9.17) is 0 Å². The molecule has 8 rings (SSSR count). The number of hydrogen-bond donors (Lipinski definition) is 4. The third-order valence-electron chi connectivity index (χ3n) is 6.42. The smallest absolute Gasteiger partial charge is 0.252 e. The third-order valence-corrected chi connectivity index (χ3v) is 6.42. The zero-order chi connectivity index (χ0) is 27.1. The molecular weight excluding hydrogens is 563 g/mol. The molecule has 0 atom stereocenters. The van der Waals surface area contributed by atoms with Gasteiger partial charge in [0.25, 0.3) is 11.9 Å². The largest absolute Gasteiger partial charge is 0.494 e. The molecule has 0 unspecified atom stereocenters.